The molecule has 0 atom stereocenters. The normalized spacial score (nSPS) is 16.9. The average Bonchev–Trinajstić information content (AvgIpc) is 2.45. The Labute approximate surface area is 130 Å². The summed E-state index contributed by atoms with van der Waals surface area (Å²) in [6.07, 6.45) is 2.66. The number of nitrogens with one attached hydrogen (secondary N) is 1. The quantitative estimate of drug-likeness (QED) is 0.802. The highest BCUT2D eigenvalue weighted by Gasteiger charge is 2.21. The van der Waals surface area contributed by atoms with Gasteiger partial charge >= 0.3 is 0 Å². The Balaban J connectivity index is 1.97. The van der Waals surface area contributed by atoms with E-state index in [0.717, 1.165) is 49.6 Å². The van der Waals surface area contributed by atoms with Crippen LogP contribution in [-0.4, -0.2) is 46.5 Å². The highest BCUT2D eigenvalue weighted by molar-refractivity contribution is 6.30. The number of nitrogens with two attached hydrogens (primary N) is 1. The van der Waals surface area contributed by atoms with Crippen LogP contribution in [0.5, 0.6) is 0 Å². The molecule has 2 rings (SSSR count). The van der Waals surface area contributed by atoms with Gasteiger partial charge in [0.05, 0.1) is 6.54 Å². The molecule has 116 valence electrons. The molecule has 3 N–H and O–H groups in total. The average molecular weight is 312 g/mol. The monoisotopic (exact) mass is 311 g/mol. The summed E-state index contributed by atoms with van der Waals surface area (Å²) in [7, 11) is 0. The van der Waals surface area contributed by atoms with Crippen molar-refractivity contribution in [2.45, 2.75) is 39.2 Å². The standard InChI is InChI=1S/C14H22ClN5O/c1-3-12-18-13(15)9(2)14(19-12)17-10-4-6-20(7-5-10)8-11(16)21/h10H,3-8H2,1-2H3,(H2,16,21)(H,17,18,19). The number of piperidine rings is 1. The molecule has 0 bridgehead atoms. The van der Waals surface area contributed by atoms with E-state index in [1.54, 1.807) is 0 Å². The van der Waals surface area contributed by atoms with Gasteiger partial charge < -0.3 is 11.1 Å². The van der Waals surface area contributed by atoms with Gasteiger partial charge in [-0.2, -0.15) is 0 Å². The van der Waals surface area contributed by atoms with Gasteiger partial charge in [-0.05, 0) is 19.8 Å². The second-order valence-electron chi connectivity index (χ2n) is 5.42. The van der Waals surface area contributed by atoms with Crippen molar-refractivity contribution in [1.29, 1.82) is 0 Å². The van der Waals surface area contributed by atoms with Crippen LogP contribution in [0.4, 0.5) is 5.82 Å². The molecule has 21 heavy (non-hydrogen) atoms. The summed E-state index contributed by atoms with van der Waals surface area (Å²) < 4.78 is 0. The molecule has 2 heterocycles. The number of hydrogen-bond acceptors (Lipinski definition) is 5. The van der Waals surface area contributed by atoms with Crippen molar-refractivity contribution in [3.8, 4) is 0 Å². The van der Waals surface area contributed by atoms with E-state index in [2.05, 4.69) is 20.2 Å². The first-order valence-electron chi connectivity index (χ1n) is 7.29. The summed E-state index contributed by atoms with van der Waals surface area (Å²) in [5.74, 6) is 1.30. The van der Waals surface area contributed by atoms with E-state index in [4.69, 9.17) is 17.3 Å². The summed E-state index contributed by atoms with van der Waals surface area (Å²) in [6, 6.07) is 0.337. The first-order valence-corrected chi connectivity index (χ1v) is 7.67. The zero-order chi connectivity index (χ0) is 15.4. The molecule has 1 fully saturated rings. The smallest absolute Gasteiger partial charge is 0.231 e. The van der Waals surface area contributed by atoms with Gasteiger partial charge in [-0.25, -0.2) is 9.97 Å². The number of halogens is 1. The largest absolute Gasteiger partial charge is 0.369 e. The van der Waals surface area contributed by atoms with Gasteiger partial charge in [-0.3, -0.25) is 9.69 Å². The van der Waals surface area contributed by atoms with Crippen LogP contribution < -0.4 is 11.1 Å². The Morgan fingerprint density at radius 3 is 2.67 bits per heavy atom. The molecule has 0 saturated carbocycles. The highest BCUT2D eigenvalue weighted by atomic mass is 35.5. The zero-order valence-electron chi connectivity index (χ0n) is 12.5. The summed E-state index contributed by atoms with van der Waals surface area (Å²) >= 11 is 6.15. The molecule has 0 unspecified atom stereocenters. The zero-order valence-corrected chi connectivity index (χ0v) is 13.3. The van der Waals surface area contributed by atoms with E-state index in [1.807, 2.05) is 13.8 Å². The second-order valence-corrected chi connectivity index (χ2v) is 5.78. The van der Waals surface area contributed by atoms with Crippen LogP contribution in [0.15, 0.2) is 0 Å². The van der Waals surface area contributed by atoms with Crippen molar-refractivity contribution in [3.63, 3.8) is 0 Å². The van der Waals surface area contributed by atoms with Crippen LogP contribution in [-0.2, 0) is 11.2 Å². The lowest BCUT2D eigenvalue weighted by Gasteiger charge is -2.32. The van der Waals surface area contributed by atoms with Crippen molar-refractivity contribution in [2.24, 2.45) is 5.73 Å². The molecule has 1 amide bonds. The molecule has 0 radical (unpaired) electrons. The molecule has 1 aliphatic rings. The fourth-order valence-electron chi connectivity index (χ4n) is 2.48. The van der Waals surface area contributed by atoms with E-state index in [1.165, 1.54) is 0 Å². The molecule has 1 aromatic rings. The predicted octanol–water partition coefficient (Wildman–Crippen LogP) is 1.36. The SMILES string of the molecule is CCc1nc(Cl)c(C)c(NC2CCN(CC(N)=O)CC2)n1. The molecule has 1 aliphatic heterocycles. The minimum atomic E-state index is -0.271. The second kappa shape index (κ2) is 7.04. The number of aromatic nitrogens is 2. The Kier molecular flexibility index (Phi) is 5.36. The fraction of sp³-hybridized carbons (Fsp3) is 0.643. The van der Waals surface area contributed by atoms with Gasteiger partial charge in [0.2, 0.25) is 5.91 Å². The van der Waals surface area contributed by atoms with Crippen LogP contribution in [0.25, 0.3) is 0 Å². The first kappa shape index (κ1) is 16.0. The highest BCUT2D eigenvalue weighted by Crippen LogP contribution is 2.23. The Hall–Kier alpha value is -1.40. The minimum Gasteiger partial charge on any atom is -0.369 e. The van der Waals surface area contributed by atoms with Crippen LogP contribution in [0.2, 0.25) is 5.15 Å². The minimum absolute atomic E-state index is 0.271. The number of likely N-dealkylation sites (tertiary alicyclic amines) is 1. The van der Waals surface area contributed by atoms with Crippen molar-refractivity contribution in [1.82, 2.24) is 14.9 Å². The van der Waals surface area contributed by atoms with Gasteiger partial charge in [-0.15, -0.1) is 0 Å². The Bertz CT molecular complexity index is 514. The number of carbonyl (C=O) groups excluding carboxylic acids is 1. The third kappa shape index (κ3) is 4.28. The van der Waals surface area contributed by atoms with E-state index >= 15 is 0 Å². The third-order valence-corrected chi connectivity index (χ3v) is 4.12. The first-order chi connectivity index (χ1) is 9.99. The van der Waals surface area contributed by atoms with Crippen molar-refractivity contribution < 1.29 is 4.79 Å². The maximum atomic E-state index is 10.9. The van der Waals surface area contributed by atoms with Crippen LogP contribution >= 0.6 is 11.6 Å². The lowest BCUT2D eigenvalue weighted by atomic mass is 10.0. The Morgan fingerprint density at radius 1 is 1.43 bits per heavy atom. The van der Waals surface area contributed by atoms with Gasteiger partial charge in [0.15, 0.2) is 0 Å². The molecule has 7 heteroatoms. The molecule has 1 aromatic heterocycles. The van der Waals surface area contributed by atoms with Gasteiger partial charge in [0, 0.05) is 31.1 Å². The summed E-state index contributed by atoms with van der Waals surface area (Å²) in [5, 5.41) is 3.97. The topological polar surface area (TPSA) is 84.1 Å². The van der Waals surface area contributed by atoms with Gasteiger partial charge in [0.25, 0.3) is 0 Å². The van der Waals surface area contributed by atoms with E-state index < -0.39 is 0 Å². The number of hydrogen-bond donors (Lipinski definition) is 2. The number of nitrogens with zero attached hydrogens (tertiary/aromatic N) is 3. The van der Waals surface area contributed by atoms with Gasteiger partial charge in [-0.1, -0.05) is 18.5 Å². The molecule has 1 saturated heterocycles. The molecule has 0 spiro atoms. The maximum absolute atomic E-state index is 10.9. The van der Waals surface area contributed by atoms with Crippen molar-refractivity contribution in [3.05, 3.63) is 16.5 Å². The van der Waals surface area contributed by atoms with E-state index in [-0.39, 0.29) is 5.91 Å². The molecule has 0 aromatic carbocycles. The molecule has 0 aliphatic carbocycles. The maximum Gasteiger partial charge on any atom is 0.231 e. The predicted molar refractivity (Wildman–Crippen MR) is 83.4 cm³/mol. The molecular weight excluding hydrogens is 290 g/mol. The number of anilines is 1. The van der Waals surface area contributed by atoms with Crippen LogP contribution in [0, 0.1) is 6.92 Å². The lowest BCUT2D eigenvalue weighted by Crippen LogP contribution is -2.43. The number of rotatable bonds is 5. The van der Waals surface area contributed by atoms with Crippen molar-refractivity contribution in [2.75, 3.05) is 25.0 Å². The van der Waals surface area contributed by atoms with Gasteiger partial charge in [0.1, 0.15) is 16.8 Å². The van der Waals surface area contributed by atoms with Crippen molar-refractivity contribution >= 4 is 23.3 Å². The van der Waals surface area contributed by atoms with E-state index in [0.29, 0.717) is 17.7 Å². The van der Waals surface area contributed by atoms with Crippen LogP contribution in [0.3, 0.4) is 0 Å². The van der Waals surface area contributed by atoms with E-state index in [9.17, 15) is 4.79 Å². The molecule has 6 nitrogen and oxygen atoms in total. The van der Waals surface area contributed by atoms with Crippen LogP contribution in [0.1, 0.15) is 31.2 Å². The fourth-order valence-corrected chi connectivity index (χ4v) is 2.67. The molecular formula is C14H22ClN5O. The number of amides is 1. The summed E-state index contributed by atoms with van der Waals surface area (Å²) in [4.78, 5) is 21.8. The summed E-state index contributed by atoms with van der Waals surface area (Å²) in [6.45, 7) is 5.99. The summed E-state index contributed by atoms with van der Waals surface area (Å²) in [5.41, 5.74) is 6.10. The number of primary amides is 1. The lowest BCUT2D eigenvalue weighted by molar-refractivity contribution is -0.119. The number of aryl methyl sites for hydroxylation is 1. The number of carbonyl (C=O) groups is 1. The Morgan fingerprint density at radius 2 is 2.10 bits per heavy atom. The third-order valence-electron chi connectivity index (χ3n) is 3.76.